The molecule has 0 amide bonds. The largest absolute Gasteiger partial charge is 0.383 e. The van der Waals surface area contributed by atoms with Gasteiger partial charge < -0.3 is 10.1 Å². The Morgan fingerprint density at radius 2 is 1.85 bits per heavy atom. The standard InChI is InChI=1S/C17H30N2O/c1-5-18-17(16-9-7-6-8-10-16)14-19(11-12-20-4)13-15(2)3/h6-10,15,17-18H,5,11-14H2,1-4H3. The zero-order valence-corrected chi connectivity index (χ0v) is 13.4. The van der Waals surface area contributed by atoms with Crippen LogP contribution in [0.3, 0.4) is 0 Å². The summed E-state index contributed by atoms with van der Waals surface area (Å²) in [5.41, 5.74) is 1.36. The van der Waals surface area contributed by atoms with Crippen LogP contribution in [0.5, 0.6) is 0 Å². The van der Waals surface area contributed by atoms with Crippen molar-refractivity contribution in [2.75, 3.05) is 39.9 Å². The summed E-state index contributed by atoms with van der Waals surface area (Å²) < 4.78 is 5.24. The summed E-state index contributed by atoms with van der Waals surface area (Å²) in [7, 11) is 1.77. The first kappa shape index (κ1) is 17.2. The van der Waals surface area contributed by atoms with Gasteiger partial charge in [-0.15, -0.1) is 0 Å². The number of ether oxygens (including phenoxy) is 1. The van der Waals surface area contributed by atoms with Gasteiger partial charge in [-0.2, -0.15) is 0 Å². The fraction of sp³-hybridized carbons (Fsp3) is 0.647. The Balaban J connectivity index is 2.69. The average molecular weight is 278 g/mol. The van der Waals surface area contributed by atoms with Gasteiger partial charge in [-0.3, -0.25) is 4.90 Å². The van der Waals surface area contributed by atoms with Crippen molar-refractivity contribution in [3.05, 3.63) is 35.9 Å². The molecule has 0 bridgehead atoms. The first-order valence-corrected chi connectivity index (χ1v) is 7.67. The fourth-order valence-corrected chi connectivity index (χ4v) is 2.47. The number of nitrogens with one attached hydrogen (secondary N) is 1. The SMILES string of the molecule is CCNC(CN(CCOC)CC(C)C)c1ccccc1. The number of benzene rings is 1. The highest BCUT2D eigenvalue weighted by atomic mass is 16.5. The lowest BCUT2D eigenvalue weighted by Crippen LogP contribution is -2.39. The number of hydrogen-bond donors (Lipinski definition) is 1. The molecule has 0 fully saturated rings. The maximum absolute atomic E-state index is 5.24. The second-order valence-corrected chi connectivity index (χ2v) is 5.67. The molecule has 3 nitrogen and oxygen atoms in total. The molecule has 1 rings (SSSR count). The van der Waals surface area contributed by atoms with E-state index in [9.17, 15) is 0 Å². The number of nitrogens with zero attached hydrogens (tertiary/aromatic N) is 1. The Bertz CT molecular complexity index is 340. The maximum atomic E-state index is 5.24. The van der Waals surface area contributed by atoms with Crippen LogP contribution < -0.4 is 5.32 Å². The van der Waals surface area contributed by atoms with E-state index in [4.69, 9.17) is 4.74 Å². The fourth-order valence-electron chi connectivity index (χ4n) is 2.47. The van der Waals surface area contributed by atoms with Crippen molar-refractivity contribution in [2.45, 2.75) is 26.8 Å². The summed E-state index contributed by atoms with van der Waals surface area (Å²) in [5.74, 6) is 0.671. The first-order valence-electron chi connectivity index (χ1n) is 7.67. The van der Waals surface area contributed by atoms with Crippen LogP contribution in [0.1, 0.15) is 32.4 Å². The highest BCUT2D eigenvalue weighted by molar-refractivity contribution is 5.19. The normalized spacial score (nSPS) is 13.1. The van der Waals surface area contributed by atoms with E-state index in [1.807, 2.05) is 0 Å². The molecule has 1 N–H and O–H groups in total. The van der Waals surface area contributed by atoms with Crippen LogP contribution in [0.2, 0.25) is 0 Å². The second kappa shape index (κ2) is 9.92. The minimum atomic E-state index is 0.386. The van der Waals surface area contributed by atoms with E-state index in [1.165, 1.54) is 5.56 Å². The Kier molecular flexibility index (Phi) is 8.51. The summed E-state index contributed by atoms with van der Waals surface area (Å²) in [4.78, 5) is 2.49. The minimum absolute atomic E-state index is 0.386. The molecule has 1 unspecified atom stereocenters. The molecular formula is C17H30N2O. The quantitative estimate of drug-likeness (QED) is 0.712. The Hall–Kier alpha value is -0.900. The van der Waals surface area contributed by atoms with Crippen LogP contribution in [0.4, 0.5) is 0 Å². The number of hydrogen-bond acceptors (Lipinski definition) is 3. The van der Waals surface area contributed by atoms with E-state index in [-0.39, 0.29) is 0 Å². The van der Waals surface area contributed by atoms with E-state index in [2.05, 4.69) is 61.3 Å². The lowest BCUT2D eigenvalue weighted by Gasteiger charge is -2.29. The zero-order chi connectivity index (χ0) is 14.8. The van der Waals surface area contributed by atoms with Gasteiger partial charge in [-0.05, 0) is 18.0 Å². The molecule has 0 aliphatic heterocycles. The molecule has 0 saturated heterocycles. The van der Waals surface area contributed by atoms with Crippen molar-refractivity contribution >= 4 is 0 Å². The minimum Gasteiger partial charge on any atom is -0.383 e. The molecule has 0 radical (unpaired) electrons. The van der Waals surface area contributed by atoms with Crippen LogP contribution >= 0.6 is 0 Å². The van der Waals surface area contributed by atoms with Gasteiger partial charge in [0, 0.05) is 32.8 Å². The second-order valence-electron chi connectivity index (χ2n) is 5.67. The molecule has 0 aliphatic rings. The van der Waals surface area contributed by atoms with E-state index in [1.54, 1.807) is 7.11 Å². The van der Waals surface area contributed by atoms with Gasteiger partial charge in [0.25, 0.3) is 0 Å². The van der Waals surface area contributed by atoms with Gasteiger partial charge in [0.1, 0.15) is 0 Å². The Morgan fingerprint density at radius 3 is 2.40 bits per heavy atom. The van der Waals surface area contributed by atoms with E-state index >= 15 is 0 Å². The van der Waals surface area contributed by atoms with E-state index in [0.29, 0.717) is 12.0 Å². The molecule has 1 atom stereocenters. The molecule has 0 aliphatic carbocycles. The highest BCUT2D eigenvalue weighted by Gasteiger charge is 2.15. The molecule has 1 aromatic rings. The van der Waals surface area contributed by atoms with Crippen molar-refractivity contribution in [3.63, 3.8) is 0 Å². The van der Waals surface area contributed by atoms with Crippen molar-refractivity contribution in [1.82, 2.24) is 10.2 Å². The van der Waals surface area contributed by atoms with Crippen LogP contribution in [-0.4, -0.2) is 44.8 Å². The highest BCUT2D eigenvalue weighted by Crippen LogP contribution is 2.15. The molecule has 20 heavy (non-hydrogen) atoms. The summed E-state index contributed by atoms with van der Waals surface area (Å²) in [6, 6.07) is 11.1. The molecule has 114 valence electrons. The Labute approximate surface area is 124 Å². The molecule has 0 heterocycles. The van der Waals surface area contributed by atoms with Crippen molar-refractivity contribution in [3.8, 4) is 0 Å². The summed E-state index contributed by atoms with van der Waals surface area (Å²) >= 11 is 0. The smallest absolute Gasteiger partial charge is 0.0589 e. The van der Waals surface area contributed by atoms with Crippen LogP contribution in [0.15, 0.2) is 30.3 Å². The van der Waals surface area contributed by atoms with Gasteiger partial charge in [-0.25, -0.2) is 0 Å². The number of methoxy groups -OCH3 is 1. The molecule has 0 saturated carbocycles. The predicted octanol–water partition coefficient (Wildman–Crippen LogP) is 2.94. The Morgan fingerprint density at radius 1 is 1.15 bits per heavy atom. The van der Waals surface area contributed by atoms with E-state index < -0.39 is 0 Å². The van der Waals surface area contributed by atoms with Gasteiger partial charge >= 0.3 is 0 Å². The summed E-state index contributed by atoms with van der Waals surface area (Å²) in [5, 5.41) is 3.60. The number of likely N-dealkylation sites (N-methyl/N-ethyl adjacent to an activating group) is 1. The van der Waals surface area contributed by atoms with Crippen LogP contribution in [0.25, 0.3) is 0 Å². The molecule has 3 heteroatoms. The molecule has 0 spiro atoms. The topological polar surface area (TPSA) is 24.5 Å². The molecule has 1 aromatic carbocycles. The van der Waals surface area contributed by atoms with Crippen molar-refractivity contribution in [2.24, 2.45) is 5.92 Å². The van der Waals surface area contributed by atoms with Gasteiger partial charge in [-0.1, -0.05) is 51.1 Å². The number of rotatable bonds is 10. The van der Waals surface area contributed by atoms with Crippen LogP contribution in [-0.2, 0) is 4.74 Å². The van der Waals surface area contributed by atoms with Crippen molar-refractivity contribution in [1.29, 1.82) is 0 Å². The summed E-state index contributed by atoms with van der Waals surface area (Å²) in [6.07, 6.45) is 0. The monoisotopic (exact) mass is 278 g/mol. The zero-order valence-electron chi connectivity index (χ0n) is 13.4. The third-order valence-corrected chi connectivity index (χ3v) is 3.33. The molecule has 0 aromatic heterocycles. The van der Waals surface area contributed by atoms with Crippen LogP contribution in [0, 0.1) is 5.92 Å². The van der Waals surface area contributed by atoms with Gasteiger partial charge in [0.2, 0.25) is 0 Å². The predicted molar refractivity (Wildman–Crippen MR) is 86.0 cm³/mol. The third-order valence-electron chi connectivity index (χ3n) is 3.33. The average Bonchev–Trinajstić information content (AvgIpc) is 2.44. The van der Waals surface area contributed by atoms with Gasteiger partial charge in [0.15, 0.2) is 0 Å². The molecular weight excluding hydrogens is 248 g/mol. The lowest BCUT2D eigenvalue weighted by molar-refractivity contribution is 0.132. The maximum Gasteiger partial charge on any atom is 0.0589 e. The summed E-state index contributed by atoms with van der Waals surface area (Å²) in [6.45, 7) is 11.6. The van der Waals surface area contributed by atoms with Crippen molar-refractivity contribution < 1.29 is 4.74 Å². The third kappa shape index (κ3) is 6.51. The first-order chi connectivity index (χ1) is 9.67. The van der Waals surface area contributed by atoms with E-state index in [0.717, 1.165) is 32.8 Å². The van der Waals surface area contributed by atoms with Gasteiger partial charge in [0.05, 0.1) is 6.61 Å². The lowest BCUT2D eigenvalue weighted by atomic mass is 10.1.